The van der Waals surface area contributed by atoms with Crippen molar-refractivity contribution in [1.82, 2.24) is 18.9 Å². The van der Waals surface area contributed by atoms with Crippen LogP contribution in [0.1, 0.15) is 5.82 Å². The molecular formula is C11H9N5OS. The van der Waals surface area contributed by atoms with Crippen LogP contribution in [0.4, 0.5) is 5.13 Å². The summed E-state index contributed by atoms with van der Waals surface area (Å²) in [7, 11) is 0. The summed E-state index contributed by atoms with van der Waals surface area (Å²) in [5, 5.41) is 0.399. The monoisotopic (exact) mass is 259 g/mol. The molecule has 0 saturated carbocycles. The van der Waals surface area contributed by atoms with Gasteiger partial charge in [0.25, 0.3) is 5.56 Å². The Balaban J connectivity index is 2.16. The van der Waals surface area contributed by atoms with Gasteiger partial charge in [0.05, 0.1) is 23.8 Å². The molecule has 0 atom stereocenters. The van der Waals surface area contributed by atoms with Crippen molar-refractivity contribution in [1.29, 1.82) is 0 Å². The topological polar surface area (TPSA) is 86.7 Å². The van der Waals surface area contributed by atoms with E-state index in [2.05, 4.69) is 14.3 Å². The quantitative estimate of drug-likeness (QED) is 0.738. The number of nitrogens with two attached hydrogens (primary N) is 1. The standard InChI is InChI=1S/C11H9N5OS/c12-11-14-9(15-18-11)6-16-8-4-2-1-3-7(8)13-5-10(16)17/h1-5H,6H2,(H2,12,14,15). The molecule has 0 saturated heterocycles. The summed E-state index contributed by atoms with van der Waals surface area (Å²) < 4.78 is 5.67. The second-order valence-corrected chi connectivity index (χ2v) is 4.50. The normalized spacial score (nSPS) is 10.9. The molecule has 0 amide bonds. The summed E-state index contributed by atoms with van der Waals surface area (Å²) >= 11 is 1.12. The highest BCUT2D eigenvalue weighted by molar-refractivity contribution is 7.09. The molecule has 90 valence electrons. The molecule has 0 aliphatic carbocycles. The third kappa shape index (κ3) is 1.84. The lowest BCUT2D eigenvalue weighted by molar-refractivity contribution is 0.751. The van der Waals surface area contributed by atoms with Crippen LogP contribution >= 0.6 is 11.5 Å². The number of benzene rings is 1. The number of hydrogen-bond donors (Lipinski definition) is 1. The van der Waals surface area contributed by atoms with Crippen LogP contribution in [0.5, 0.6) is 0 Å². The average molecular weight is 259 g/mol. The predicted octanol–water partition coefficient (Wildman–Crippen LogP) is 0.878. The van der Waals surface area contributed by atoms with Crippen molar-refractivity contribution in [3.63, 3.8) is 0 Å². The first-order chi connectivity index (χ1) is 8.74. The number of anilines is 1. The van der Waals surface area contributed by atoms with E-state index in [9.17, 15) is 4.79 Å². The van der Waals surface area contributed by atoms with Crippen molar-refractivity contribution in [2.45, 2.75) is 6.54 Å². The third-order valence-electron chi connectivity index (χ3n) is 2.54. The minimum Gasteiger partial charge on any atom is -0.374 e. The van der Waals surface area contributed by atoms with E-state index in [1.54, 1.807) is 4.57 Å². The Labute approximate surface area is 106 Å². The first-order valence-electron chi connectivity index (χ1n) is 5.27. The van der Waals surface area contributed by atoms with Crippen LogP contribution in [0.3, 0.4) is 0 Å². The second-order valence-electron chi connectivity index (χ2n) is 3.72. The fourth-order valence-corrected chi connectivity index (χ4v) is 2.19. The zero-order chi connectivity index (χ0) is 12.5. The molecule has 2 aromatic heterocycles. The molecule has 3 aromatic rings. The second kappa shape index (κ2) is 4.19. The zero-order valence-corrected chi connectivity index (χ0v) is 10.1. The largest absolute Gasteiger partial charge is 0.374 e. The number of aromatic nitrogens is 4. The lowest BCUT2D eigenvalue weighted by Crippen LogP contribution is -2.21. The Kier molecular flexibility index (Phi) is 2.52. The maximum Gasteiger partial charge on any atom is 0.269 e. The minimum atomic E-state index is -0.179. The lowest BCUT2D eigenvalue weighted by atomic mass is 10.3. The number of hydrogen-bond acceptors (Lipinski definition) is 6. The number of nitrogens with zero attached hydrogens (tertiary/aromatic N) is 4. The molecule has 0 fully saturated rings. The smallest absolute Gasteiger partial charge is 0.269 e. The van der Waals surface area contributed by atoms with Gasteiger partial charge in [-0.05, 0) is 12.1 Å². The number of rotatable bonds is 2. The SMILES string of the molecule is Nc1nc(Cn2c(=O)cnc3ccccc32)ns1. The predicted molar refractivity (Wildman–Crippen MR) is 69.4 cm³/mol. The molecule has 0 unspecified atom stereocenters. The molecule has 1 aromatic carbocycles. The Morgan fingerprint density at radius 3 is 2.94 bits per heavy atom. The summed E-state index contributed by atoms with van der Waals surface area (Å²) in [6, 6.07) is 7.44. The van der Waals surface area contributed by atoms with Gasteiger partial charge in [0, 0.05) is 11.5 Å². The van der Waals surface area contributed by atoms with E-state index >= 15 is 0 Å². The summed E-state index contributed by atoms with van der Waals surface area (Å²) in [6.07, 6.45) is 1.30. The Bertz CT molecular complexity index is 763. The summed E-state index contributed by atoms with van der Waals surface area (Å²) in [4.78, 5) is 20.0. The first kappa shape index (κ1) is 10.8. The molecule has 0 aliphatic rings. The summed E-state index contributed by atoms with van der Waals surface area (Å²) in [5.74, 6) is 0.538. The minimum absolute atomic E-state index is 0.179. The van der Waals surface area contributed by atoms with Crippen molar-refractivity contribution in [2.24, 2.45) is 0 Å². The summed E-state index contributed by atoms with van der Waals surface area (Å²) in [6.45, 7) is 0.301. The van der Waals surface area contributed by atoms with E-state index in [1.165, 1.54) is 6.20 Å². The fraction of sp³-hybridized carbons (Fsp3) is 0.0909. The molecule has 0 spiro atoms. The zero-order valence-electron chi connectivity index (χ0n) is 9.28. The average Bonchev–Trinajstić information content (AvgIpc) is 2.79. The molecule has 6 nitrogen and oxygen atoms in total. The molecule has 0 radical (unpaired) electrons. The first-order valence-corrected chi connectivity index (χ1v) is 6.04. The molecular weight excluding hydrogens is 250 g/mol. The Morgan fingerprint density at radius 1 is 1.33 bits per heavy atom. The van der Waals surface area contributed by atoms with E-state index in [4.69, 9.17) is 5.73 Å². The van der Waals surface area contributed by atoms with Gasteiger partial charge in [-0.2, -0.15) is 4.37 Å². The number of nitrogen functional groups attached to an aromatic ring is 1. The molecule has 18 heavy (non-hydrogen) atoms. The van der Waals surface area contributed by atoms with Crippen molar-refractivity contribution < 1.29 is 0 Å². The van der Waals surface area contributed by atoms with E-state index in [0.29, 0.717) is 17.5 Å². The van der Waals surface area contributed by atoms with Crippen molar-refractivity contribution in [3.8, 4) is 0 Å². The molecule has 0 bridgehead atoms. The molecule has 2 N–H and O–H groups in total. The maximum absolute atomic E-state index is 11.9. The van der Waals surface area contributed by atoms with Gasteiger partial charge in [-0.3, -0.25) is 9.36 Å². The summed E-state index contributed by atoms with van der Waals surface area (Å²) in [5.41, 5.74) is 6.88. The van der Waals surface area contributed by atoms with Gasteiger partial charge in [-0.15, -0.1) is 0 Å². The highest BCUT2D eigenvalue weighted by Crippen LogP contribution is 2.11. The molecule has 3 rings (SSSR count). The Morgan fingerprint density at radius 2 is 2.17 bits per heavy atom. The van der Waals surface area contributed by atoms with Crippen LogP contribution in [-0.2, 0) is 6.54 Å². The van der Waals surface area contributed by atoms with E-state index < -0.39 is 0 Å². The van der Waals surface area contributed by atoms with Gasteiger partial charge in [-0.25, -0.2) is 9.97 Å². The van der Waals surface area contributed by atoms with Crippen LogP contribution in [-0.4, -0.2) is 18.9 Å². The highest BCUT2D eigenvalue weighted by atomic mass is 32.1. The van der Waals surface area contributed by atoms with E-state index in [0.717, 1.165) is 22.6 Å². The van der Waals surface area contributed by atoms with Crippen LogP contribution in [0.2, 0.25) is 0 Å². The number of para-hydroxylation sites is 2. The Hall–Kier alpha value is -2.28. The van der Waals surface area contributed by atoms with Crippen LogP contribution < -0.4 is 11.3 Å². The highest BCUT2D eigenvalue weighted by Gasteiger charge is 2.07. The van der Waals surface area contributed by atoms with E-state index in [1.807, 2.05) is 24.3 Å². The molecule has 7 heteroatoms. The number of fused-ring (bicyclic) bond motifs is 1. The van der Waals surface area contributed by atoms with Gasteiger partial charge in [0.15, 0.2) is 11.0 Å². The fourth-order valence-electron chi connectivity index (χ4n) is 1.75. The van der Waals surface area contributed by atoms with Crippen LogP contribution in [0, 0.1) is 0 Å². The molecule has 0 aliphatic heterocycles. The van der Waals surface area contributed by atoms with Crippen molar-refractivity contribution in [2.75, 3.05) is 5.73 Å². The van der Waals surface area contributed by atoms with Gasteiger partial charge in [-0.1, -0.05) is 12.1 Å². The van der Waals surface area contributed by atoms with Crippen LogP contribution in [0.25, 0.3) is 11.0 Å². The maximum atomic E-state index is 11.9. The van der Waals surface area contributed by atoms with Gasteiger partial charge in [0.1, 0.15) is 0 Å². The van der Waals surface area contributed by atoms with Crippen molar-refractivity contribution >= 4 is 27.7 Å². The van der Waals surface area contributed by atoms with Gasteiger partial charge >= 0.3 is 0 Å². The third-order valence-corrected chi connectivity index (χ3v) is 3.12. The van der Waals surface area contributed by atoms with Gasteiger partial charge < -0.3 is 5.73 Å². The van der Waals surface area contributed by atoms with Gasteiger partial charge in [0.2, 0.25) is 0 Å². The van der Waals surface area contributed by atoms with E-state index in [-0.39, 0.29) is 5.56 Å². The van der Waals surface area contributed by atoms with Crippen molar-refractivity contribution in [3.05, 3.63) is 46.6 Å². The molecule has 2 heterocycles. The lowest BCUT2D eigenvalue weighted by Gasteiger charge is -2.06. The van der Waals surface area contributed by atoms with Crippen LogP contribution in [0.15, 0.2) is 35.3 Å².